The Balaban J connectivity index is 1.63. The maximum Gasteiger partial charge on any atom is 0.318 e. The molecule has 2 heteroatoms. The van der Waals surface area contributed by atoms with E-state index < -0.39 is 0 Å². The van der Waals surface area contributed by atoms with Crippen LogP contribution >= 0.6 is 0 Å². The molecule has 0 N–H and O–H groups in total. The summed E-state index contributed by atoms with van der Waals surface area (Å²) in [6, 6.07) is 21.0. The summed E-state index contributed by atoms with van der Waals surface area (Å²) in [6.07, 6.45) is 9.48. The van der Waals surface area contributed by atoms with Crippen molar-refractivity contribution >= 4 is 12.0 Å². The van der Waals surface area contributed by atoms with Gasteiger partial charge in [-0.1, -0.05) is 79.9 Å². The molecule has 28 heavy (non-hydrogen) atoms. The molecule has 1 heterocycles. The highest BCUT2D eigenvalue weighted by atomic mass is 16.5. The monoisotopic (exact) mass is 370 g/mol. The van der Waals surface area contributed by atoms with Crippen molar-refractivity contribution < 1.29 is 9.53 Å². The molecule has 2 nitrogen and oxygen atoms in total. The van der Waals surface area contributed by atoms with Gasteiger partial charge in [-0.25, -0.2) is 0 Å². The molecule has 0 radical (unpaired) electrons. The number of carbonyl (C=O) groups excluding carboxylic acids is 1. The molecular formula is C26H26O2. The number of benzene rings is 2. The lowest BCUT2D eigenvalue weighted by Crippen LogP contribution is -2.44. The number of esters is 1. The minimum atomic E-state index is -0.374. The molecule has 1 saturated carbocycles. The van der Waals surface area contributed by atoms with Crippen LogP contribution in [0.1, 0.15) is 62.0 Å². The number of hydrogen-bond donors (Lipinski definition) is 0. The van der Waals surface area contributed by atoms with E-state index in [-0.39, 0.29) is 17.3 Å². The predicted molar refractivity (Wildman–Crippen MR) is 111 cm³/mol. The third-order valence-corrected chi connectivity index (χ3v) is 6.77. The van der Waals surface area contributed by atoms with Gasteiger partial charge in [-0.05, 0) is 54.0 Å². The summed E-state index contributed by atoms with van der Waals surface area (Å²) in [7, 11) is 0. The van der Waals surface area contributed by atoms with E-state index in [2.05, 4.69) is 48.5 Å². The molecule has 0 aromatic heterocycles. The van der Waals surface area contributed by atoms with Gasteiger partial charge >= 0.3 is 5.97 Å². The predicted octanol–water partition coefficient (Wildman–Crippen LogP) is 6.41. The van der Waals surface area contributed by atoms with Crippen molar-refractivity contribution in [3.8, 4) is 0 Å². The van der Waals surface area contributed by atoms with Gasteiger partial charge in [0.15, 0.2) is 0 Å². The molecule has 1 atom stereocenters. The van der Waals surface area contributed by atoms with Crippen LogP contribution in [0.15, 0.2) is 77.6 Å². The van der Waals surface area contributed by atoms with E-state index in [9.17, 15) is 4.79 Å². The van der Waals surface area contributed by atoms with Crippen LogP contribution in [0, 0.1) is 5.41 Å². The molecule has 1 spiro atoms. The van der Waals surface area contributed by atoms with Gasteiger partial charge in [-0.15, -0.1) is 0 Å². The third kappa shape index (κ3) is 2.83. The average Bonchev–Trinajstić information content (AvgIpc) is 3.12. The summed E-state index contributed by atoms with van der Waals surface area (Å²) in [5.41, 5.74) is 4.57. The fraction of sp³-hybridized carbons (Fsp3) is 0.346. The van der Waals surface area contributed by atoms with Crippen molar-refractivity contribution in [2.75, 3.05) is 0 Å². The second-order valence-corrected chi connectivity index (χ2v) is 8.38. The minimum absolute atomic E-state index is 0.000615. The van der Waals surface area contributed by atoms with E-state index >= 15 is 0 Å². The Hall–Kier alpha value is -2.61. The lowest BCUT2D eigenvalue weighted by Gasteiger charge is -2.45. The van der Waals surface area contributed by atoms with Crippen molar-refractivity contribution in [1.82, 2.24) is 0 Å². The second-order valence-electron chi connectivity index (χ2n) is 8.38. The van der Waals surface area contributed by atoms with Crippen molar-refractivity contribution in [2.24, 2.45) is 5.41 Å². The topological polar surface area (TPSA) is 26.3 Å². The van der Waals surface area contributed by atoms with Crippen LogP contribution in [-0.4, -0.2) is 5.97 Å². The van der Waals surface area contributed by atoms with Crippen molar-refractivity contribution in [1.29, 1.82) is 0 Å². The molecule has 142 valence electrons. The molecule has 1 fully saturated rings. The van der Waals surface area contributed by atoms with Crippen molar-refractivity contribution in [2.45, 2.75) is 50.9 Å². The smallest absolute Gasteiger partial charge is 0.318 e. The number of ether oxygens (including phenoxy) is 1. The standard InChI is InChI=1S/C26H26O2/c27-25-26(16-8-3-9-17-26)23(20-12-6-2-7-13-20)22-15-14-21(24(22)28-25)18-19-10-4-1-5-11-19/h1-2,4-7,10-13,18,23H,3,8-9,14-17H2. The molecule has 2 aliphatic carbocycles. The van der Waals surface area contributed by atoms with E-state index in [1.807, 2.05) is 18.2 Å². The Morgan fingerprint density at radius 1 is 0.857 bits per heavy atom. The third-order valence-electron chi connectivity index (χ3n) is 6.77. The molecule has 3 aliphatic rings. The molecular weight excluding hydrogens is 344 g/mol. The highest BCUT2D eigenvalue weighted by Crippen LogP contribution is 2.58. The molecule has 5 rings (SSSR count). The van der Waals surface area contributed by atoms with Crippen molar-refractivity contribution in [3.05, 3.63) is 88.7 Å². The molecule has 0 saturated heterocycles. The first-order valence-electron chi connectivity index (χ1n) is 10.5. The summed E-state index contributed by atoms with van der Waals surface area (Å²) < 4.78 is 6.11. The first-order chi connectivity index (χ1) is 13.8. The van der Waals surface area contributed by atoms with E-state index in [0.29, 0.717) is 0 Å². The summed E-state index contributed by atoms with van der Waals surface area (Å²) in [4.78, 5) is 13.4. The summed E-state index contributed by atoms with van der Waals surface area (Å²) in [5, 5.41) is 0. The van der Waals surface area contributed by atoms with Crippen LogP contribution in [0.2, 0.25) is 0 Å². The fourth-order valence-electron chi connectivity index (χ4n) is 5.48. The minimum Gasteiger partial charge on any atom is -0.426 e. The highest BCUT2D eigenvalue weighted by molar-refractivity contribution is 5.84. The van der Waals surface area contributed by atoms with Gasteiger partial charge in [0.1, 0.15) is 5.76 Å². The number of allylic oxidation sites excluding steroid dienone is 2. The van der Waals surface area contributed by atoms with Crippen LogP contribution in [0.4, 0.5) is 0 Å². The number of carbonyl (C=O) groups is 1. The van der Waals surface area contributed by atoms with Crippen LogP contribution in [0.3, 0.4) is 0 Å². The van der Waals surface area contributed by atoms with Gasteiger partial charge in [-0.3, -0.25) is 4.79 Å². The first kappa shape index (κ1) is 17.5. The van der Waals surface area contributed by atoms with E-state index in [4.69, 9.17) is 4.74 Å². The van der Waals surface area contributed by atoms with E-state index in [0.717, 1.165) is 49.8 Å². The Bertz CT molecular complexity index is 931. The summed E-state index contributed by atoms with van der Waals surface area (Å²) in [5.74, 6) is 1.02. The maximum absolute atomic E-state index is 13.4. The Labute approximate surface area is 166 Å². The zero-order valence-corrected chi connectivity index (χ0v) is 16.2. The van der Waals surface area contributed by atoms with Gasteiger partial charge in [0, 0.05) is 5.92 Å². The fourth-order valence-corrected chi connectivity index (χ4v) is 5.48. The quantitative estimate of drug-likeness (QED) is 0.571. The Morgan fingerprint density at radius 3 is 2.25 bits per heavy atom. The van der Waals surface area contributed by atoms with E-state index in [1.165, 1.54) is 23.1 Å². The molecule has 1 unspecified atom stereocenters. The SMILES string of the molecule is O=C1OC2=C(CCC2=Cc2ccccc2)C(c2ccccc2)C12CCCCC2. The van der Waals surface area contributed by atoms with Crippen LogP contribution < -0.4 is 0 Å². The van der Waals surface area contributed by atoms with Gasteiger partial charge in [0.25, 0.3) is 0 Å². The molecule has 0 bridgehead atoms. The van der Waals surface area contributed by atoms with Crippen LogP contribution in [0.5, 0.6) is 0 Å². The molecule has 2 aromatic rings. The largest absolute Gasteiger partial charge is 0.426 e. The van der Waals surface area contributed by atoms with Crippen LogP contribution in [-0.2, 0) is 9.53 Å². The maximum atomic E-state index is 13.4. The van der Waals surface area contributed by atoms with Crippen molar-refractivity contribution in [3.63, 3.8) is 0 Å². The van der Waals surface area contributed by atoms with Gasteiger partial charge < -0.3 is 4.74 Å². The normalized spacial score (nSPS) is 25.1. The van der Waals surface area contributed by atoms with Gasteiger partial charge in [-0.2, -0.15) is 0 Å². The molecule has 0 amide bonds. The van der Waals surface area contributed by atoms with Crippen LogP contribution in [0.25, 0.3) is 6.08 Å². The number of rotatable bonds is 2. The number of hydrogen-bond acceptors (Lipinski definition) is 2. The average molecular weight is 370 g/mol. The Morgan fingerprint density at radius 2 is 1.54 bits per heavy atom. The summed E-state index contributed by atoms with van der Waals surface area (Å²) in [6.45, 7) is 0. The van der Waals surface area contributed by atoms with E-state index in [1.54, 1.807) is 0 Å². The van der Waals surface area contributed by atoms with Gasteiger partial charge in [0.2, 0.25) is 0 Å². The lowest BCUT2D eigenvalue weighted by molar-refractivity contribution is -0.157. The molecule has 1 aliphatic heterocycles. The zero-order chi connectivity index (χ0) is 19.0. The van der Waals surface area contributed by atoms with Gasteiger partial charge in [0.05, 0.1) is 5.41 Å². The Kier molecular flexibility index (Phi) is 4.43. The summed E-state index contributed by atoms with van der Waals surface area (Å²) >= 11 is 0. The highest BCUT2D eigenvalue weighted by Gasteiger charge is 2.54. The first-order valence-corrected chi connectivity index (χ1v) is 10.5. The zero-order valence-electron chi connectivity index (χ0n) is 16.2. The lowest BCUT2D eigenvalue weighted by atomic mass is 9.60. The second kappa shape index (κ2) is 7.09. The molecule has 2 aromatic carbocycles.